The molecule has 0 spiro atoms. The van der Waals surface area contributed by atoms with Crippen molar-refractivity contribution in [3.8, 4) is 0 Å². The highest BCUT2D eigenvalue weighted by atomic mass is 15.2. The fourth-order valence-corrected chi connectivity index (χ4v) is 3.88. The van der Waals surface area contributed by atoms with Gasteiger partial charge in [0.1, 0.15) is 0 Å². The Balaban J connectivity index is 1.65. The van der Waals surface area contributed by atoms with Crippen LogP contribution in [0.3, 0.4) is 0 Å². The summed E-state index contributed by atoms with van der Waals surface area (Å²) in [5, 5.41) is 6.91. The van der Waals surface area contributed by atoms with Crippen molar-refractivity contribution in [2.45, 2.75) is 58.3 Å². The van der Waals surface area contributed by atoms with E-state index in [1.165, 1.54) is 64.5 Å². The molecule has 1 aliphatic carbocycles. The Morgan fingerprint density at radius 1 is 1.09 bits per heavy atom. The Hall–Kier alpha value is -0.770. The van der Waals surface area contributed by atoms with Crippen LogP contribution >= 0.6 is 0 Å². The number of piperidine rings is 1. The molecule has 0 aromatic carbocycles. The van der Waals surface area contributed by atoms with Crippen LogP contribution in [0.25, 0.3) is 0 Å². The van der Waals surface area contributed by atoms with Gasteiger partial charge in [-0.15, -0.1) is 0 Å². The summed E-state index contributed by atoms with van der Waals surface area (Å²) in [5.74, 6) is 2.74. The second kappa shape index (κ2) is 10.1. The molecule has 2 rings (SSSR count). The normalized spacial score (nSPS) is 24.6. The lowest BCUT2D eigenvalue weighted by atomic mass is 9.99. The fourth-order valence-electron chi connectivity index (χ4n) is 3.88. The van der Waals surface area contributed by atoms with E-state index in [1.807, 2.05) is 0 Å². The lowest BCUT2D eigenvalue weighted by Gasteiger charge is -2.28. The molecule has 4 heteroatoms. The van der Waals surface area contributed by atoms with Crippen LogP contribution in [0.5, 0.6) is 0 Å². The lowest BCUT2D eigenvalue weighted by Crippen LogP contribution is -2.39. The summed E-state index contributed by atoms with van der Waals surface area (Å²) >= 11 is 0. The fraction of sp³-hybridized carbons (Fsp3) is 0.944. The molecule has 22 heavy (non-hydrogen) atoms. The molecule has 4 nitrogen and oxygen atoms in total. The molecule has 1 saturated heterocycles. The van der Waals surface area contributed by atoms with E-state index in [4.69, 9.17) is 4.99 Å². The maximum Gasteiger partial charge on any atom is 0.191 e. The minimum absolute atomic E-state index is 0.729. The second-order valence-electron chi connectivity index (χ2n) is 7.21. The van der Waals surface area contributed by atoms with Crippen LogP contribution in [0, 0.1) is 11.8 Å². The Morgan fingerprint density at radius 3 is 2.59 bits per heavy atom. The third-order valence-electron chi connectivity index (χ3n) is 5.13. The Morgan fingerprint density at radius 2 is 1.86 bits per heavy atom. The van der Waals surface area contributed by atoms with E-state index >= 15 is 0 Å². The van der Waals surface area contributed by atoms with Gasteiger partial charge in [-0.1, -0.05) is 25.7 Å². The van der Waals surface area contributed by atoms with E-state index in [-0.39, 0.29) is 0 Å². The lowest BCUT2D eigenvalue weighted by molar-refractivity contribution is 0.214. The highest BCUT2D eigenvalue weighted by molar-refractivity contribution is 5.79. The van der Waals surface area contributed by atoms with Crippen molar-refractivity contribution in [3.63, 3.8) is 0 Å². The summed E-state index contributed by atoms with van der Waals surface area (Å²) in [4.78, 5) is 7.24. The monoisotopic (exact) mass is 308 g/mol. The largest absolute Gasteiger partial charge is 0.357 e. The first-order valence-electron chi connectivity index (χ1n) is 9.48. The van der Waals surface area contributed by atoms with E-state index in [9.17, 15) is 0 Å². The van der Waals surface area contributed by atoms with Crippen molar-refractivity contribution in [2.24, 2.45) is 16.8 Å². The molecule has 1 atom stereocenters. The van der Waals surface area contributed by atoms with Gasteiger partial charge in [-0.3, -0.25) is 4.99 Å². The van der Waals surface area contributed by atoms with Crippen LogP contribution in [0.4, 0.5) is 0 Å². The molecule has 1 heterocycles. The number of aliphatic imine (C=N–C) groups is 1. The molecule has 1 unspecified atom stereocenters. The Bertz CT molecular complexity index is 323. The zero-order chi connectivity index (χ0) is 15.6. The van der Waals surface area contributed by atoms with Gasteiger partial charge in [0.15, 0.2) is 5.96 Å². The van der Waals surface area contributed by atoms with Gasteiger partial charge in [-0.25, -0.2) is 0 Å². The van der Waals surface area contributed by atoms with Gasteiger partial charge in [0.2, 0.25) is 0 Å². The number of hydrogen-bond donors (Lipinski definition) is 2. The topological polar surface area (TPSA) is 39.7 Å². The van der Waals surface area contributed by atoms with Gasteiger partial charge < -0.3 is 15.5 Å². The van der Waals surface area contributed by atoms with Crippen LogP contribution in [0.1, 0.15) is 58.3 Å². The van der Waals surface area contributed by atoms with Crippen molar-refractivity contribution in [3.05, 3.63) is 0 Å². The van der Waals surface area contributed by atoms with Crippen LogP contribution < -0.4 is 10.6 Å². The minimum atomic E-state index is 0.729. The molecular weight excluding hydrogens is 272 g/mol. The third kappa shape index (κ3) is 6.55. The van der Waals surface area contributed by atoms with Crippen molar-refractivity contribution in [1.82, 2.24) is 15.5 Å². The molecular formula is C18H36N4. The number of nitrogens with zero attached hydrogens (tertiary/aromatic N) is 2. The smallest absolute Gasteiger partial charge is 0.191 e. The molecule has 0 bridgehead atoms. The number of guanidine groups is 1. The van der Waals surface area contributed by atoms with Gasteiger partial charge in [0, 0.05) is 26.2 Å². The van der Waals surface area contributed by atoms with Gasteiger partial charge in [-0.2, -0.15) is 0 Å². The first-order chi connectivity index (χ1) is 10.8. The van der Waals surface area contributed by atoms with Gasteiger partial charge in [0.05, 0.1) is 0 Å². The number of rotatable bonds is 7. The zero-order valence-electron chi connectivity index (χ0n) is 14.7. The average Bonchev–Trinajstić information content (AvgIpc) is 3.02. The molecule has 2 aliphatic rings. The summed E-state index contributed by atoms with van der Waals surface area (Å²) in [6.07, 6.45) is 11.2. The second-order valence-corrected chi connectivity index (χ2v) is 7.21. The Labute approximate surface area is 137 Å². The average molecular weight is 309 g/mol. The highest BCUT2D eigenvalue weighted by Gasteiger charge is 2.17. The van der Waals surface area contributed by atoms with Crippen molar-refractivity contribution < 1.29 is 0 Å². The molecule has 0 aromatic heterocycles. The van der Waals surface area contributed by atoms with Crippen LogP contribution in [-0.4, -0.2) is 50.6 Å². The summed E-state index contributed by atoms with van der Waals surface area (Å²) in [6, 6.07) is 0. The van der Waals surface area contributed by atoms with Gasteiger partial charge in [0.25, 0.3) is 0 Å². The summed E-state index contributed by atoms with van der Waals surface area (Å²) in [7, 11) is 2.22. The molecule has 0 aromatic rings. The first-order valence-corrected chi connectivity index (χ1v) is 9.48. The van der Waals surface area contributed by atoms with Crippen molar-refractivity contribution in [2.75, 3.05) is 39.8 Å². The van der Waals surface area contributed by atoms with Crippen LogP contribution in [-0.2, 0) is 0 Å². The summed E-state index contributed by atoms with van der Waals surface area (Å²) in [5.41, 5.74) is 0. The van der Waals surface area contributed by atoms with E-state index in [1.54, 1.807) is 0 Å². The third-order valence-corrected chi connectivity index (χ3v) is 5.13. The highest BCUT2D eigenvalue weighted by Crippen LogP contribution is 2.28. The van der Waals surface area contributed by atoms with E-state index < -0.39 is 0 Å². The van der Waals surface area contributed by atoms with E-state index in [2.05, 4.69) is 29.5 Å². The molecule has 128 valence electrons. The molecule has 2 N–H and O–H groups in total. The first kappa shape index (κ1) is 17.6. The predicted molar refractivity (Wildman–Crippen MR) is 95.4 cm³/mol. The van der Waals surface area contributed by atoms with E-state index in [0.717, 1.165) is 37.4 Å². The maximum atomic E-state index is 4.81. The van der Waals surface area contributed by atoms with Crippen LogP contribution in [0.2, 0.25) is 0 Å². The molecule has 0 radical (unpaired) electrons. The van der Waals surface area contributed by atoms with Crippen molar-refractivity contribution in [1.29, 1.82) is 0 Å². The molecule has 2 fully saturated rings. The summed E-state index contributed by atoms with van der Waals surface area (Å²) in [6.45, 7) is 7.56. The van der Waals surface area contributed by atoms with Gasteiger partial charge >= 0.3 is 0 Å². The quantitative estimate of drug-likeness (QED) is 0.431. The van der Waals surface area contributed by atoms with Crippen LogP contribution in [0.15, 0.2) is 4.99 Å². The number of likely N-dealkylation sites (tertiary alicyclic amines) is 1. The molecule has 1 saturated carbocycles. The Kier molecular flexibility index (Phi) is 8.06. The number of nitrogens with one attached hydrogen (secondary N) is 2. The van der Waals surface area contributed by atoms with Gasteiger partial charge in [-0.05, 0) is 58.0 Å². The van der Waals surface area contributed by atoms with Crippen molar-refractivity contribution >= 4 is 5.96 Å². The number of hydrogen-bond acceptors (Lipinski definition) is 2. The SMILES string of the molecule is CCNC(=NCC1CCCN(C)C1)NCCCC1CCCC1. The predicted octanol–water partition coefficient (Wildman–Crippen LogP) is 2.85. The zero-order valence-corrected chi connectivity index (χ0v) is 14.7. The minimum Gasteiger partial charge on any atom is -0.357 e. The summed E-state index contributed by atoms with van der Waals surface area (Å²) < 4.78 is 0. The van der Waals surface area contributed by atoms with E-state index in [0.29, 0.717) is 0 Å². The standard InChI is InChI=1S/C18H36N4/c1-3-19-18(20-12-6-10-16-8-4-5-9-16)21-14-17-11-7-13-22(2)15-17/h16-17H,3-15H2,1-2H3,(H2,19,20,21). The maximum absolute atomic E-state index is 4.81. The molecule has 0 amide bonds. The molecule has 1 aliphatic heterocycles.